The lowest BCUT2D eigenvalue weighted by Crippen LogP contribution is -2.17. The van der Waals surface area contributed by atoms with Crippen LogP contribution in [0.1, 0.15) is 25.3 Å². The first-order chi connectivity index (χ1) is 9.59. The maximum atomic E-state index is 5.86. The fraction of sp³-hybridized carbons (Fsp3) is 0.357. The SMILES string of the molecule is CC(C)c1c2c(cc(Br)c1-c1cnoc1N)OCCO2. The molecule has 2 N–H and O–H groups in total. The Morgan fingerprint density at radius 3 is 2.70 bits per heavy atom. The summed E-state index contributed by atoms with van der Waals surface area (Å²) >= 11 is 3.59. The smallest absolute Gasteiger partial charge is 0.230 e. The second-order valence-corrected chi connectivity index (χ2v) is 5.78. The van der Waals surface area contributed by atoms with Crippen LogP contribution in [0.3, 0.4) is 0 Å². The second-order valence-electron chi connectivity index (χ2n) is 4.93. The van der Waals surface area contributed by atoms with Crippen LogP contribution in [0, 0.1) is 0 Å². The number of fused-ring (bicyclic) bond motifs is 1. The zero-order chi connectivity index (χ0) is 14.3. The number of hydrogen-bond acceptors (Lipinski definition) is 5. The van der Waals surface area contributed by atoms with Crippen molar-refractivity contribution in [2.24, 2.45) is 0 Å². The van der Waals surface area contributed by atoms with Gasteiger partial charge < -0.3 is 19.7 Å². The Hall–Kier alpha value is -1.69. The van der Waals surface area contributed by atoms with E-state index in [1.54, 1.807) is 6.20 Å². The fourth-order valence-electron chi connectivity index (χ4n) is 2.44. The van der Waals surface area contributed by atoms with Gasteiger partial charge in [-0.1, -0.05) is 19.0 Å². The molecule has 3 rings (SSSR count). The average Bonchev–Trinajstić information content (AvgIpc) is 2.83. The zero-order valence-electron chi connectivity index (χ0n) is 11.3. The van der Waals surface area contributed by atoms with Crippen LogP contribution in [0.25, 0.3) is 11.1 Å². The fourth-order valence-corrected chi connectivity index (χ4v) is 3.08. The number of aromatic nitrogens is 1. The summed E-state index contributed by atoms with van der Waals surface area (Å²) in [6, 6.07) is 1.90. The molecule has 5 nitrogen and oxygen atoms in total. The molecule has 0 atom stereocenters. The third-order valence-corrected chi connectivity index (χ3v) is 3.89. The molecule has 2 aromatic rings. The van der Waals surface area contributed by atoms with Crippen molar-refractivity contribution in [1.29, 1.82) is 0 Å². The quantitative estimate of drug-likeness (QED) is 0.906. The Labute approximate surface area is 125 Å². The molecule has 1 aliphatic rings. The predicted octanol–water partition coefficient (Wildman–Crippen LogP) is 3.58. The Kier molecular flexibility index (Phi) is 3.33. The Morgan fingerprint density at radius 2 is 2.05 bits per heavy atom. The van der Waals surface area contributed by atoms with Crippen molar-refractivity contribution < 1.29 is 14.0 Å². The number of nitrogen functional groups attached to an aromatic ring is 1. The van der Waals surface area contributed by atoms with Gasteiger partial charge in [0.25, 0.3) is 0 Å². The standard InChI is InChI=1S/C14H15BrN2O3/c1-7(2)11-12(8-6-17-20-14(8)16)9(15)5-10-13(11)19-4-3-18-10/h5-7H,3-4,16H2,1-2H3. The van der Waals surface area contributed by atoms with Gasteiger partial charge in [-0.3, -0.25) is 0 Å². The lowest BCUT2D eigenvalue weighted by atomic mass is 9.92. The van der Waals surface area contributed by atoms with Gasteiger partial charge >= 0.3 is 0 Å². The van der Waals surface area contributed by atoms with Crippen LogP contribution in [0.5, 0.6) is 11.5 Å². The zero-order valence-corrected chi connectivity index (χ0v) is 12.9. The summed E-state index contributed by atoms with van der Waals surface area (Å²) in [6.07, 6.45) is 1.62. The van der Waals surface area contributed by atoms with Crippen molar-refractivity contribution in [2.45, 2.75) is 19.8 Å². The van der Waals surface area contributed by atoms with Crippen molar-refractivity contribution in [2.75, 3.05) is 18.9 Å². The van der Waals surface area contributed by atoms with E-state index < -0.39 is 0 Å². The molecule has 0 unspecified atom stereocenters. The molecule has 0 fully saturated rings. The van der Waals surface area contributed by atoms with Crippen LogP contribution in [0.2, 0.25) is 0 Å². The highest BCUT2D eigenvalue weighted by atomic mass is 79.9. The Balaban J connectivity index is 2.31. The van der Waals surface area contributed by atoms with E-state index in [2.05, 4.69) is 34.9 Å². The first-order valence-corrected chi connectivity index (χ1v) is 7.21. The maximum absolute atomic E-state index is 5.86. The third-order valence-electron chi connectivity index (χ3n) is 3.27. The van der Waals surface area contributed by atoms with Gasteiger partial charge in [-0.2, -0.15) is 0 Å². The van der Waals surface area contributed by atoms with Crippen LogP contribution in [-0.2, 0) is 0 Å². The van der Waals surface area contributed by atoms with E-state index in [-0.39, 0.29) is 5.92 Å². The van der Waals surface area contributed by atoms with Crippen molar-refractivity contribution >= 4 is 21.8 Å². The van der Waals surface area contributed by atoms with Crippen LogP contribution in [0.4, 0.5) is 5.88 Å². The van der Waals surface area contributed by atoms with Crippen molar-refractivity contribution in [1.82, 2.24) is 5.16 Å². The van der Waals surface area contributed by atoms with E-state index in [0.29, 0.717) is 19.1 Å². The van der Waals surface area contributed by atoms with Gasteiger partial charge in [0.05, 0.1) is 11.8 Å². The van der Waals surface area contributed by atoms with Gasteiger partial charge in [-0.15, -0.1) is 0 Å². The summed E-state index contributed by atoms with van der Waals surface area (Å²) in [5.41, 5.74) is 8.62. The first kappa shape index (κ1) is 13.3. The topological polar surface area (TPSA) is 70.5 Å². The van der Waals surface area contributed by atoms with E-state index in [9.17, 15) is 0 Å². The third kappa shape index (κ3) is 2.04. The lowest BCUT2D eigenvalue weighted by Gasteiger charge is -2.25. The normalized spacial score (nSPS) is 13.8. The predicted molar refractivity (Wildman–Crippen MR) is 79.1 cm³/mol. The molecular weight excluding hydrogens is 324 g/mol. The van der Waals surface area contributed by atoms with Gasteiger partial charge in [0.15, 0.2) is 11.5 Å². The second kappa shape index (κ2) is 5.01. The van der Waals surface area contributed by atoms with Crippen molar-refractivity contribution in [3.05, 3.63) is 22.3 Å². The highest BCUT2D eigenvalue weighted by Crippen LogP contribution is 2.48. The van der Waals surface area contributed by atoms with Gasteiger partial charge in [0.1, 0.15) is 13.2 Å². The van der Waals surface area contributed by atoms with E-state index >= 15 is 0 Å². The number of rotatable bonds is 2. The van der Waals surface area contributed by atoms with E-state index in [4.69, 9.17) is 19.7 Å². The summed E-state index contributed by atoms with van der Waals surface area (Å²) in [5.74, 6) is 2.08. The molecule has 6 heteroatoms. The molecule has 20 heavy (non-hydrogen) atoms. The molecule has 1 aliphatic heterocycles. The minimum absolute atomic E-state index is 0.243. The van der Waals surface area contributed by atoms with E-state index in [0.717, 1.165) is 32.7 Å². The number of halogens is 1. The van der Waals surface area contributed by atoms with Gasteiger partial charge in [-0.25, -0.2) is 0 Å². The molecule has 0 spiro atoms. The van der Waals surface area contributed by atoms with Crippen LogP contribution in [-0.4, -0.2) is 18.4 Å². The molecule has 0 bridgehead atoms. The summed E-state index contributed by atoms with van der Waals surface area (Å²) in [5, 5.41) is 3.76. The monoisotopic (exact) mass is 338 g/mol. The van der Waals surface area contributed by atoms with Crippen LogP contribution in [0.15, 0.2) is 21.3 Å². The molecule has 1 aromatic carbocycles. The van der Waals surface area contributed by atoms with E-state index in [1.807, 2.05) is 6.07 Å². The number of benzene rings is 1. The molecule has 0 saturated carbocycles. The van der Waals surface area contributed by atoms with E-state index in [1.165, 1.54) is 0 Å². The summed E-state index contributed by atoms with van der Waals surface area (Å²) in [7, 11) is 0. The Morgan fingerprint density at radius 1 is 1.30 bits per heavy atom. The molecule has 2 heterocycles. The van der Waals surface area contributed by atoms with Crippen LogP contribution >= 0.6 is 15.9 Å². The Bertz CT molecular complexity index is 652. The number of ether oxygens (including phenoxy) is 2. The van der Waals surface area contributed by atoms with Crippen molar-refractivity contribution in [3.8, 4) is 22.6 Å². The molecule has 106 valence electrons. The van der Waals surface area contributed by atoms with Gasteiger partial charge in [0, 0.05) is 15.6 Å². The molecule has 0 aliphatic carbocycles. The summed E-state index contributed by atoms with van der Waals surface area (Å²) in [4.78, 5) is 0. The number of hydrogen-bond donors (Lipinski definition) is 1. The number of nitrogens with two attached hydrogens (primary N) is 1. The number of anilines is 1. The first-order valence-electron chi connectivity index (χ1n) is 6.42. The van der Waals surface area contributed by atoms with Crippen molar-refractivity contribution in [3.63, 3.8) is 0 Å². The molecular formula is C14H15BrN2O3. The lowest BCUT2D eigenvalue weighted by molar-refractivity contribution is 0.169. The highest BCUT2D eigenvalue weighted by Gasteiger charge is 2.26. The molecule has 0 saturated heterocycles. The average molecular weight is 339 g/mol. The molecule has 1 aromatic heterocycles. The largest absolute Gasteiger partial charge is 0.486 e. The van der Waals surface area contributed by atoms with Gasteiger partial charge in [-0.05, 0) is 27.9 Å². The highest BCUT2D eigenvalue weighted by molar-refractivity contribution is 9.10. The number of nitrogens with zero attached hydrogens (tertiary/aromatic N) is 1. The van der Waals surface area contributed by atoms with Crippen LogP contribution < -0.4 is 15.2 Å². The minimum Gasteiger partial charge on any atom is -0.486 e. The van der Waals surface area contributed by atoms with Gasteiger partial charge in [0.2, 0.25) is 5.88 Å². The summed E-state index contributed by atoms with van der Waals surface area (Å²) in [6.45, 7) is 5.32. The minimum atomic E-state index is 0.243. The summed E-state index contributed by atoms with van der Waals surface area (Å²) < 4.78 is 17.4. The molecule has 0 amide bonds. The maximum Gasteiger partial charge on any atom is 0.230 e. The molecule has 0 radical (unpaired) electrons.